The molecule has 0 aliphatic carbocycles. The van der Waals surface area contributed by atoms with Crippen LogP contribution in [-0.2, 0) is 25.7 Å². The summed E-state index contributed by atoms with van der Waals surface area (Å²) >= 11 is 0. The maximum atomic E-state index is 13.1. The van der Waals surface area contributed by atoms with Crippen LogP contribution in [0.2, 0.25) is 0 Å². The van der Waals surface area contributed by atoms with E-state index in [0.717, 1.165) is 25.0 Å². The summed E-state index contributed by atoms with van der Waals surface area (Å²) in [5, 5.41) is 2.12. The number of hydrogen-bond acceptors (Lipinski definition) is 5. The third kappa shape index (κ3) is 5.95. The number of nitrogens with one attached hydrogen (secondary N) is 1. The van der Waals surface area contributed by atoms with Crippen LogP contribution in [0, 0.1) is 5.92 Å². The van der Waals surface area contributed by atoms with Crippen molar-refractivity contribution in [2.24, 2.45) is 5.92 Å². The fourth-order valence-electron chi connectivity index (χ4n) is 3.49. The lowest BCUT2D eigenvalue weighted by molar-refractivity contribution is -0.137. The lowest BCUT2D eigenvalue weighted by Crippen LogP contribution is -2.37. The number of nitrogens with zero attached hydrogens (tertiary/aromatic N) is 1. The zero-order valence-electron chi connectivity index (χ0n) is 18.6. The number of anilines is 1. The predicted octanol–water partition coefficient (Wildman–Crippen LogP) is 4.31. The van der Waals surface area contributed by atoms with Crippen molar-refractivity contribution in [3.63, 3.8) is 0 Å². The van der Waals surface area contributed by atoms with E-state index in [9.17, 15) is 31.2 Å². The van der Waals surface area contributed by atoms with Crippen molar-refractivity contribution in [3.05, 3.63) is 59.7 Å². The van der Waals surface area contributed by atoms with Crippen molar-refractivity contribution >= 4 is 27.6 Å². The zero-order chi connectivity index (χ0) is 25.1. The summed E-state index contributed by atoms with van der Waals surface area (Å²) in [4.78, 5) is 24.7. The topological polar surface area (TPSA) is 92.8 Å². The van der Waals surface area contributed by atoms with Gasteiger partial charge in [-0.15, -0.1) is 0 Å². The van der Waals surface area contributed by atoms with Crippen LogP contribution in [0.15, 0.2) is 53.4 Å². The quantitative estimate of drug-likeness (QED) is 0.600. The van der Waals surface area contributed by atoms with Crippen LogP contribution in [0.5, 0.6) is 0 Å². The van der Waals surface area contributed by atoms with Gasteiger partial charge < -0.3 is 10.1 Å². The Morgan fingerprint density at radius 1 is 1.06 bits per heavy atom. The van der Waals surface area contributed by atoms with Crippen LogP contribution in [0.25, 0.3) is 0 Å². The molecular formula is C23H25F3N2O5S. The number of rotatable bonds is 6. The average Bonchev–Trinajstić information content (AvgIpc) is 2.79. The fraction of sp³-hybridized carbons (Fsp3) is 0.391. The second-order valence-electron chi connectivity index (χ2n) is 8.19. The molecule has 3 rings (SSSR count). The number of halogens is 3. The second-order valence-corrected chi connectivity index (χ2v) is 10.1. The van der Waals surface area contributed by atoms with E-state index in [0.29, 0.717) is 19.0 Å². The molecule has 1 aliphatic rings. The van der Waals surface area contributed by atoms with E-state index >= 15 is 0 Å². The van der Waals surface area contributed by atoms with E-state index in [1.807, 2.05) is 0 Å². The third-order valence-corrected chi connectivity index (χ3v) is 7.53. The number of alkyl halides is 3. The number of carbonyl (C=O) groups is 2. The first-order chi connectivity index (χ1) is 15.9. The van der Waals surface area contributed by atoms with Crippen molar-refractivity contribution in [2.75, 3.05) is 18.4 Å². The summed E-state index contributed by atoms with van der Waals surface area (Å²) in [6, 6.07) is 9.56. The molecule has 1 atom stereocenters. The number of para-hydroxylation sites is 1. The third-order valence-electron chi connectivity index (χ3n) is 5.61. The standard InChI is InChI=1S/C23H25F3N2O5S/c1-15-11-13-28(14-12-15)34(31,32)18-9-7-17(8-10-18)22(30)33-16(2)21(29)27-20-6-4-3-5-19(20)23(24,25)26/h3-10,15-16H,11-14H2,1-2H3,(H,27,29). The lowest BCUT2D eigenvalue weighted by Gasteiger charge is -2.29. The summed E-state index contributed by atoms with van der Waals surface area (Å²) in [6.07, 6.45) is -4.51. The molecular weight excluding hydrogens is 473 g/mol. The van der Waals surface area contributed by atoms with Gasteiger partial charge in [-0.3, -0.25) is 4.79 Å². The van der Waals surface area contributed by atoms with Gasteiger partial charge >= 0.3 is 12.1 Å². The van der Waals surface area contributed by atoms with Gasteiger partial charge in [0, 0.05) is 13.1 Å². The van der Waals surface area contributed by atoms with Crippen LogP contribution in [0.1, 0.15) is 42.6 Å². The highest BCUT2D eigenvalue weighted by Gasteiger charge is 2.34. The molecule has 7 nitrogen and oxygen atoms in total. The molecule has 11 heteroatoms. The number of sulfonamides is 1. The van der Waals surface area contributed by atoms with Gasteiger partial charge in [0.1, 0.15) is 0 Å². The van der Waals surface area contributed by atoms with Gasteiger partial charge in [0.2, 0.25) is 10.0 Å². The fourth-order valence-corrected chi connectivity index (χ4v) is 4.96. The number of esters is 1. The molecule has 0 radical (unpaired) electrons. The van der Waals surface area contributed by atoms with Gasteiger partial charge in [0.05, 0.1) is 21.7 Å². The van der Waals surface area contributed by atoms with Gasteiger partial charge in [-0.25, -0.2) is 13.2 Å². The Bertz CT molecular complexity index is 1140. The summed E-state index contributed by atoms with van der Waals surface area (Å²) in [5.74, 6) is -1.39. The second kappa shape index (κ2) is 10.1. The molecule has 184 valence electrons. The SMILES string of the molecule is CC1CCN(S(=O)(=O)c2ccc(C(=O)OC(C)C(=O)Nc3ccccc3C(F)(F)F)cc2)CC1. The molecule has 0 spiro atoms. The van der Waals surface area contributed by atoms with E-state index in [1.165, 1.54) is 47.6 Å². The van der Waals surface area contributed by atoms with Gasteiger partial charge in [-0.1, -0.05) is 19.1 Å². The normalized spacial score (nSPS) is 16.6. The van der Waals surface area contributed by atoms with Crippen LogP contribution < -0.4 is 5.32 Å². The minimum absolute atomic E-state index is 0.00144. The van der Waals surface area contributed by atoms with Gasteiger partial charge in [-0.05, 0) is 62.1 Å². The van der Waals surface area contributed by atoms with E-state index in [2.05, 4.69) is 12.2 Å². The highest BCUT2D eigenvalue weighted by atomic mass is 32.2. The number of carbonyl (C=O) groups excluding carboxylic acids is 2. The Morgan fingerprint density at radius 2 is 1.65 bits per heavy atom. The number of piperidine rings is 1. The van der Waals surface area contributed by atoms with Crippen LogP contribution in [-0.4, -0.2) is 43.8 Å². The highest BCUT2D eigenvalue weighted by molar-refractivity contribution is 7.89. The first-order valence-corrected chi connectivity index (χ1v) is 12.1. The average molecular weight is 499 g/mol. The van der Waals surface area contributed by atoms with E-state index in [1.54, 1.807) is 0 Å². The molecule has 2 aromatic rings. The monoisotopic (exact) mass is 498 g/mol. The van der Waals surface area contributed by atoms with E-state index in [-0.39, 0.29) is 10.5 Å². The molecule has 1 N–H and O–H groups in total. The molecule has 0 bridgehead atoms. The largest absolute Gasteiger partial charge is 0.449 e. The summed E-state index contributed by atoms with van der Waals surface area (Å²) < 4.78 is 71.4. The van der Waals surface area contributed by atoms with E-state index < -0.39 is 45.4 Å². The Kier molecular flexibility index (Phi) is 7.67. The van der Waals surface area contributed by atoms with Crippen LogP contribution in [0.3, 0.4) is 0 Å². The minimum Gasteiger partial charge on any atom is -0.449 e. The molecule has 1 saturated heterocycles. The maximum Gasteiger partial charge on any atom is 0.418 e. The molecule has 1 aliphatic heterocycles. The molecule has 0 aromatic heterocycles. The molecule has 34 heavy (non-hydrogen) atoms. The van der Waals surface area contributed by atoms with Crippen molar-refractivity contribution in [2.45, 2.75) is 43.9 Å². The number of amides is 1. The number of hydrogen-bond donors (Lipinski definition) is 1. The zero-order valence-corrected chi connectivity index (χ0v) is 19.4. The molecule has 0 saturated carbocycles. The van der Waals surface area contributed by atoms with Crippen LogP contribution in [0.4, 0.5) is 18.9 Å². The first-order valence-electron chi connectivity index (χ1n) is 10.7. The molecule has 1 heterocycles. The van der Waals surface area contributed by atoms with Gasteiger partial charge in [-0.2, -0.15) is 17.5 Å². The molecule has 1 amide bonds. The van der Waals surface area contributed by atoms with Crippen molar-refractivity contribution in [1.29, 1.82) is 0 Å². The van der Waals surface area contributed by atoms with E-state index in [4.69, 9.17) is 4.74 Å². The Balaban J connectivity index is 1.64. The summed E-state index contributed by atoms with van der Waals surface area (Å²) in [6.45, 7) is 4.15. The Morgan fingerprint density at radius 3 is 2.24 bits per heavy atom. The molecule has 2 aromatic carbocycles. The lowest BCUT2D eigenvalue weighted by atomic mass is 10.0. The maximum absolute atomic E-state index is 13.1. The van der Waals surface area contributed by atoms with Crippen molar-refractivity contribution in [1.82, 2.24) is 4.31 Å². The number of benzene rings is 2. The van der Waals surface area contributed by atoms with Gasteiger partial charge in [0.25, 0.3) is 5.91 Å². The molecule has 1 unspecified atom stereocenters. The highest BCUT2D eigenvalue weighted by Crippen LogP contribution is 2.34. The smallest absolute Gasteiger partial charge is 0.418 e. The Labute approximate surface area is 196 Å². The summed E-state index contributed by atoms with van der Waals surface area (Å²) in [7, 11) is -3.69. The van der Waals surface area contributed by atoms with Crippen molar-refractivity contribution in [3.8, 4) is 0 Å². The van der Waals surface area contributed by atoms with Crippen LogP contribution >= 0.6 is 0 Å². The minimum atomic E-state index is -4.67. The first kappa shape index (κ1) is 25.7. The van der Waals surface area contributed by atoms with Gasteiger partial charge in [0.15, 0.2) is 6.10 Å². The Hall–Kier alpha value is -2.92. The summed E-state index contributed by atoms with van der Waals surface area (Å²) in [5.41, 5.74) is -1.48. The van der Waals surface area contributed by atoms with Crippen molar-refractivity contribution < 1.29 is 35.9 Å². The number of ether oxygens (including phenoxy) is 1. The predicted molar refractivity (Wildman–Crippen MR) is 119 cm³/mol. The molecule has 1 fully saturated rings.